The molecule has 0 aliphatic heterocycles. The van der Waals surface area contributed by atoms with Gasteiger partial charge in [-0.1, -0.05) is 0 Å². The van der Waals surface area contributed by atoms with Crippen LogP contribution in [0.3, 0.4) is 0 Å². The molecule has 0 saturated carbocycles. The summed E-state index contributed by atoms with van der Waals surface area (Å²) >= 11 is 0. The molecule has 21 heavy (non-hydrogen) atoms. The summed E-state index contributed by atoms with van der Waals surface area (Å²) in [7, 11) is 0. The number of halogens is 4. The summed E-state index contributed by atoms with van der Waals surface area (Å²) in [6.07, 6.45) is -2.08. The Bertz CT molecular complexity index is 649. The molecule has 1 aromatic heterocycles. The SMILES string of the molecule is O=C(Oc1ccc(F)cc1F)C(F)(F)Oc1cccnc1. The van der Waals surface area contributed by atoms with E-state index in [0.29, 0.717) is 12.1 Å². The summed E-state index contributed by atoms with van der Waals surface area (Å²) in [4.78, 5) is 14.8. The first kappa shape index (κ1) is 14.8. The summed E-state index contributed by atoms with van der Waals surface area (Å²) in [5.41, 5.74) is 0. The third kappa shape index (κ3) is 3.68. The van der Waals surface area contributed by atoms with Gasteiger partial charge in [0.2, 0.25) is 0 Å². The van der Waals surface area contributed by atoms with Crippen molar-refractivity contribution in [2.24, 2.45) is 0 Å². The number of nitrogens with zero attached hydrogens (tertiary/aromatic N) is 1. The fourth-order valence-electron chi connectivity index (χ4n) is 1.31. The summed E-state index contributed by atoms with van der Waals surface area (Å²) in [6, 6.07) is 4.32. The Balaban J connectivity index is 2.11. The van der Waals surface area contributed by atoms with E-state index in [0.717, 1.165) is 18.3 Å². The Morgan fingerprint density at radius 3 is 2.57 bits per heavy atom. The van der Waals surface area contributed by atoms with E-state index in [2.05, 4.69) is 14.5 Å². The highest BCUT2D eigenvalue weighted by Crippen LogP contribution is 2.25. The molecular formula is C13H7F4NO3. The van der Waals surface area contributed by atoms with Gasteiger partial charge in [0, 0.05) is 12.3 Å². The van der Waals surface area contributed by atoms with Crippen LogP contribution in [0.5, 0.6) is 11.5 Å². The van der Waals surface area contributed by atoms with Gasteiger partial charge in [0.1, 0.15) is 11.6 Å². The molecular weight excluding hydrogens is 294 g/mol. The molecule has 1 aromatic carbocycles. The zero-order valence-electron chi connectivity index (χ0n) is 10.2. The lowest BCUT2D eigenvalue weighted by Gasteiger charge is -2.16. The number of hydrogen-bond acceptors (Lipinski definition) is 4. The van der Waals surface area contributed by atoms with Gasteiger partial charge in [-0.05, 0) is 24.3 Å². The number of hydrogen-bond donors (Lipinski definition) is 0. The van der Waals surface area contributed by atoms with Crippen molar-refractivity contribution < 1.29 is 31.8 Å². The molecule has 0 amide bonds. The molecule has 0 saturated heterocycles. The number of benzene rings is 1. The van der Waals surface area contributed by atoms with Crippen molar-refractivity contribution in [3.63, 3.8) is 0 Å². The van der Waals surface area contributed by atoms with Crippen LogP contribution in [-0.2, 0) is 4.79 Å². The van der Waals surface area contributed by atoms with Crippen LogP contribution < -0.4 is 9.47 Å². The molecule has 0 aliphatic carbocycles. The summed E-state index contributed by atoms with van der Waals surface area (Å²) in [5, 5.41) is 0. The minimum absolute atomic E-state index is 0.376. The Labute approximate surface area is 115 Å². The maximum Gasteiger partial charge on any atom is 0.502 e. The lowest BCUT2D eigenvalue weighted by atomic mass is 10.3. The van der Waals surface area contributed by atoms with E-state index in [4.69, 9.17) is 0 Å². The Morgan fingerprint density at radius 2 is 1.95 bits per heavy atom. The van der Waals surface area contributed by atoms with Gasteiger partial charge in [-0.2, -0.15) is 8.78 Å². The van der Waals surface area contributed by atoms with Gasteiger partial charge in [0.15, 0.2) is 11.6 Å². The highest BCUT2D eigenvalue weighted by Gasteiger charge is 2.45. The molecule has 2 aromatic rings. The van der Waals surface area contributed by atoms with Gasteiger partial charge in [-0.15, -0.1) is 0 Å². The first-order chi connectivity index (χ1) is 9.88. The van der Waals surface area contributed by atoms with Gasteiger partial charge < -0.3 is 9.47 Å². The quantitative estimate of drug-likeness (QED) is 0.495. The molecule has 0 radical (unpaired) electrons. The maximum atomic E-state index is 13.5. The number of aromatic nitrogens is 1. The van der Waals surface area contributed by atoms with Crippen LogP contribution in [0, 0.1) is 11.6 Å². The second kappa shape index (κ2) is 5.78. The van der Waals surface area contributed by atoms with Crippen molar-refractivity contribution >= 4 is 5.97 Å². The van der Waals surface area contributed by atoms with Crippen LogP contribution in [0.4, 0.5) is 17.6 Å². The molecule has 2 rings (SSSR count). The van der Waals surface area contributed by atoms with Crippen LogP contribution >= 0.6 is 0 Å². The van der Waals surface area contributed by atoms with Crippen LogP contribution in [0.25, 0.3) is 0 Å². The summed E-state index contributed by atoms with van der Waals surface area (Å²) in [6.45, 7) is 0. The zero-order valence-corrected chi connectivity index (χ0v) is 10.2. The Hall–Kier alpha value is -2.64. The van der Waals surface area contributed by atoms with E-state index >= 15 is 0 Å². The van der Waals surface area contributed by atoms with E-state index in [-0.39, 0.29) is 5.75 Å². The zero-order chi connectivity index (χ0) is 15.5. The lowest BCUT2D eigenvalue weighted by molar-refractivity contribution is -0.208. The Kier molecular flexibility index (Phi) is 4.06. The van der Waals surface area contributed by atoms with Crippen molar-refractivity contribution in [3.05, 3.63) is 54.4 Å². The van der Waals surface area contributed by atoms with E-state index in [1.54, 1.807) is 0 Å². The van der Waals surface area contributed by atoms with Gasteiger partial charge >= 0.3 is 12.1 Å². The first-order valence-corrected chi connectivity index (χ1v) is 5.52. The van der Waals surface area contributed by atoms with E-state index < -0.39 is 29.5 Å². The van der Waals surface area contributed by atoms with E-state index in [9.17, 15) is 22.4 Å². The van der Waals surface area contributed by atoms with Crippen molar-refractivity contribution in [1.82, 2.24) is 4.98 Å². The predicted molar refractivity (Wildman–Crippen MR) is 61.8 cm³/mol. The topological polar surface area (TPSA) is 48.4 Å². The number of ether oxygens (including phenoxy) is 2. The molecule has 4 nitrogen and oxygen atoms in total. The summed E-state index contributed by atoms with van der Waals surface area (Å²) < 4.78 is 61.1. The van der Waals surface area contributed by atoms with Gasteiger partial charge in [-0.25, -0.2) is 13.6 Å². The van der Waals surface area contributed by atoms with Crippen LogP contribution in [-0.4, -0.2) is 17.1 Å². The van der Waals surface area contributed by atoms with Gasteiger partial charge in [0.05, 0.1) is 6.20 Å². The van der Waals surface area contributed by atoms with Crippen LogP contribution in [0.2, 0.25) is 0 Å². The average molecular weight is 301 g/mol. The van der Waals surface area contributed by atoms with E-state index in [1.165, 1.54) is 12.3 Å². The number of esters is 1. The third-order valence-corrected chi connectivity index (χ3v) is 2.21. The predicted octanol–water partition coefficient (Wildman–Crippen LogP) is 2.94. The number of carbonyl (C=O) groups excluding carboxylic acids is 1. The smallest absolute Gasteiger partial charge is 0.422 e. The van der Waals surface area contributed by atoms with Crippen molar-refractivity contribution in [2.45, 2.75) is 6.11 Å². The first-order valence-electron chi connectivity index (χ1n) is 5.52. The van der Waals surface area contributed by atoms with Crippen molar-refractivity contribution in [2.75, 3.05) is 0 Å². The molecule has 0 unspecified atom stereocenters. The van der Waals surface area contributed by atoms with Crippen molar-refractivity contribution in [3.8, 4) is 11.5 Å². The molecule has 0 N–H and O–H groups in total. The lowest BCUT2D eigenvalue weighted by Crippen LogP contribution is -2.38. The standard InChI is InChI=1S/C13H7F4NO3/c14-8-3-4-11(10(15)6-8)20-12(19)13(16,17)21-9-2-1-5-18-7-9/h1-7H. The van der Waals surface area contributed by atoms with Gasteiger partial charge in [-0.3, -0.25) is 4.98 Å². The third-order valence-electron chi connectivity index (χ3n) is 2.21. The molecule has 0 bridgehead atoms. The second-order valence-corrected chi connectivity index (χ2v) is 3.77. The fraction of sp³-hybridized carbons (Fsp3) is 0.0769. The van der Waals surface area contributed by atoms with Gasteiger partial charge in [0.25, 0.3) is 0 Å². The summed E-state index contributed by atoms with van der Waals surface area (Å²) in [5.74, 6) is -5.59. The number of alkyl halides is 2. The highest BCUT2D eigenvalue weighted by molar-refractivity contribution is 5.78. The Morgan fingerprint density at radius 1 is 1.19 bits per heavy atom. The monoisotopic (exact) mass is 301 g/mol. The minimum atomic E-state index is -4.36. The van der Waals surface area contributed by atoms with Crippen molar-refractivity contribution in [1.29, 1.82) is 0 Å². The largest absolute Gasteiger partial charge is 0.502 e. The van der Waals surface area contributed by atoms with Crippen LogP contribution in [0.15, 0.2) is 42.7 Å². The number of rotatable bonds is 4. The number of carbonyl (C=O) groups is 1. The molecule has 0 atom stereocenters. The average Bonchev–Trinajstić information content (AvgIpc) is 2.42. The maximum absolute atomic E-state index is 13.5. The van der Waals surface area contributed by atoms with Crippen LogP contribution in [0.1, 0.15) is 0 Å². The fourth-order valence-corrected chi connectivity index (χ4v) is 1.31. The normalized spacial score (nSPS) is 11.0. The van der Waals surface area contributed by atoms with E-state index in [1.807, 2.05) is 0 Å². The molecule has 1 heterocycles. The molecule has 0 aliphatic rings. The second-order valence-electron chi connectivity index (χ2n) is 3.77. The number of pyridine rings is 1. The highest BCUT2D eigenvalue weighted by atomic mass is 19.3. The molecule has 0 fully saturated rings. The molecule has 0 spiro atoms. The minimum Gasteiger partial charge on any atom is -0.422 e. The molecule has 110 valence electrons. The molecule has 8 heteroatoms.